The molecule has 0 spiro atoms. The third-order valence-electron chi connectivity index (χ3n) is 4.19. The molecule has 0 saturated heterocycles. The summed E-state index contributed by atoms with van der Waals surface area (Å²) in [5.41, 5.74) is 6.93. The van der Waals surface area contributed by atoms with Crippen LogP contribution in [0.3, 0.4) is 0 Å². The fourth-order valence-corrected chi connectivity index (χ4v) is 3.07. The van der Waals surface area contributed by atoms with Crippen molar-refractivity contribution < 1.29 is 4.79 Å². The smallest absolute Gasteiger partial charge is 0.157 e. The fraction of sp³-hybridized carbons (Fsp3) is 0.714. The molecule has 1 fully saturated rings. The molecule has 1 aliphatic carbocycles. The Morgan fingerprint density at radius 3 is 2.89 bits per heavy atom. The highest BCUT2D eigenvalue weighted by molar-refractivity contribution is 5.87. The van der Waals surface area contributed by atoms with Gasteiger partial charge in [0, 0.05) is 24.7 Å². The van der Waals surface area contributed by atoms with Gasteiger partial charge in [0.1, 0.15) is 0 Å². The van der Waals surface area contributed by atoms with Gasteiger partial charge in [-0.05, 0) is 18.8 Å². The predicted molar refractivity (Wildman–Crippen MR) is 70.9 cm³/mol. The van der Waals surface area contributed by atoms with Crippen molar-refractivity contribution in [2.24, 2.45) is 24.6 Å². The molecule has 0 radical (unpaired) electrons. The first-order chi connectivity index (χ1) is 8.63. The van der Waals surface area contributed by atoms with Crippen LogP contribution in [0.25, 0.3) is 0 Å². The van der Waals surface area contributed by atoms with Crippen molar-refractivity contribution >= 4 is 5.78 Å². The third kappa shape index (κ3) is 2.64. The van der Waals surface area contributed by atoms with Crippen LogP contribution in [0, 0.1) is 11.8 Å². The van der Waals surface area contributed by atoms with E-state index >= 15 is 0 Å². The molecule has 0 aliphatic heterocycles. The van der Waals surface area contributed by atoms with Gasteiger partial charge in [-0.25, -0.2) is 0 Å². The summed E-state index contributed by atoms with van der Waals surface area (Å²) in [6.45, 7) is 2.17. The van der Waals surface area contributed by atoms with Gasteiger partial charge < -0.3 is 5.73 Å². The Balaban J connectivity index is 2.09. The van der Waals surface area contributed by atoms with E-state index in [9.17, 15) is 4.79 Å². The first-order valence-corrected chi connectivity index (χ1v) is 6.91. The van der Waals surface area contributed by atoms with E-state index in [1.807, 2.05) is 13.2 Å². The van der Waals surface area contributed by atoms with Gasteiger partial charge in [-0.1, -0.05) is 26.2 Å². The Morgan fingerprint density at radius 2 is 2.28 bits per heavy atom. The van der Waals surface area contributed by atoms with Crippen LogP contribution in [0.1, 0.15) is 50.6 Å². The number of nitrogens with zero attached hydrogens (tertiary/aromatic N) is 2. The highest BCUT2D eigenvalue weighted by atomic mass is 16.1. The van der Waals surface area contributed by atoms with E-state index in [4.69, 9.17) is 5.73 Å². The molecule has 2 rings (SSSR count). The first kappa shape index (κ1) is 13.3. The van der Waals surface area contributed by atoms with E-state index in [1.54, 1.807) is 10.9 Å². The number of rotatable bonds is 4. The molecule has 2 N–H and O–H groups in total. The molecule has 3 atom stereocenters. The number of aromatic nitrogens is 2. The van der Waals surface area contributed by atoms with Crippen LogP contribution in [0.2, 0.25) is 0 Å². The lowest BCUT2D eigenvalue weighted by atomic mass is 9.74. The monoisotopic (exact) mass is 249 g/mol. The lowest BCUT2D eigenvalue weighted by Gasteiger charge is -2.31. The fourth-order valence-electron chi connectivity index (χ4n) is 3.07. The van der Waals surface area contributed by atoms with Gasteiger partial charge in [0.25, 0.3) is 0 Å². The molecule has 1 aliphatic rings. The Hall–Kier alpha value is -1.16. The number of Topliss-reactive ketones (excluding diaryl/α,β-unsaturated/α-hetero) is 1. The molecule has 0 amide bonds. The van der Waals surface area contributed by atoms with Gasteiger partial charge >= 0.3 is 0 Å². The van der Waals surface area contributed by atoms with Crippen LogP contribution in [0.4, 0.5) is 0 Å². The highest BCUT2D eigenvalue weighted by Gasteiger charge is 2.33. The van der Waals surface area contributed by atoms with Crippen molar-refractivity contribution in [3.63, 3.8) is 0 Å². The zero-order chi connectivity index (χ0) is 13.1. The Kier molecular flexibility index (Phi) is 4.17. The number of ketones is 1. The summed E-state index contributed by atoms with van der Waals surface area (Å²) in [4.78, 5) is 12.5. The van der Waals surface area contributed by atoms with Crippen molar-refractivity contribution in [3.05, 3.63) is 18.0 Å². The Morgan fingerprint density at radius 1 is 1.56 bits per heavy atom. The quantitative estimate of drug-likeness (QED) is 0.890. The van der Waals surface area contributed by atoms with E-state index < -0.39 is 6.04 Å². The number of hydrogen-bond donors (Lipinski definition) is 1. The maximum atomic E-state index is 12.5. The van der Waals surface area contributed by atoms with E-state index in [0.717, 1.165) is 24.8 Å². The molecule has 1 heterocycles. The summed E-state index contributed by atoms with van der Waals surface area (Å²) in [6, 6.07) is -0.504. The topological polar surface area (TPSA) is 60.9 Å². The maximum absolute atomic E-state index is 12.5. The van der Waals surface area contributed by atoms with Crippen molar-refractivity contribution in [1.29, 1.82) is 0 Å². The summed E-state index contributed by atoms with van der Waals surface area (Å²) in [5.74, 6) is 0.877. The lowest BCUT2D eigenvalue weighted by Crippen LogP contribution is -2.34. The molecule has 4 heteroatoms. The zero-order valence-corrected chi connectivity index (χ0v) is 11.3. The summed E-state index contributed by atoms with van der Waals surface area (Å²) in [5, 5.41) is 4.09. The number of carbonyl (C=O) groups is 1. The second kappa shape index (κ2) is 5.65. The number of aryl methyl sites for hydroxylation is 1. The summed E-state index contributed by atoms with van der Waals surface area (Å²) >= 11 is 0. The van der Waals surface area contributed by atoms with E-state index in [-0.39, 0.29) is 11.7 Å². The minimum absolute atomic E-state index is 0.152. The molecule has 3 unspecified atom stereocenters. The van der Waals surface area contributed by atoms with Gasteiger partial charge in [0.2, 0.25) is 0 Å². The normalized spacial score (nSPS) is 25.9. The summed E-state index contributed by atoms with van der Waals surface area (Å²) in [7, 11) is 1.84. The van der Waals surface area contributed by atoms with Crippen LogP contribution < -0.4 is 5.73 Å². The van der Waals surface area contributed by atoms with Crippen LogP contribution in [0.15, 0.2) is 12.4 Å². The van der Waals surface area contributed by atoms with Crippen molar-refractivity contribution in [2.45, 2.75) is 45.1 Å². The summed E-state index contributed by atoms with van der Waals surface area (Å²) < 4.78 is 1.70. The molecule has 0 bridgehead atoms. The van der Waals surface area contributed by atoms with Gasteiger partial charge in [-0.3, -0.25) is 9.48 Å². The van der Waals surface area contributed by atoms with Crippen molar-refractivity contribution in [1.82, 2.24) is 9.78 Å². The molecule has 0 aromatic carbocycles. The molecule has 1 aromatic rings. The van der Waals surface area contributed by atoms with Gasteiger partial charge in [-0.2, -0.15) is 5.10 Å². The number of carbonyl (C=O) groups excluding carboxylic acids is 1. The molecule has 1 aromatic heterocycles. The predicted octanol–water partition coefficient (Wildman–Crippen LogP) is 2.21. The van der Waals surface area contributed by atoms with Crippen molar-refractivity contribution in [2.75, 3.05) is 0 Å². The average molecular weight is 249 g/mol. The average Bonchev–Trinajstić information content (AvgIpc) is 2.83. The first-order valence-electron chi connectivity index (χ1n) is 6.91. The van der Waals surface area contributed by atoms with E-state index in [1.165, 1.54) is 12.8 Å². The second-order valence-corrected chi connectivity index (χ2v) is 5.39. The van der Waals surface area contributed by atoms with E-state index in [0.29, 0.717) is 5.92 Å². The van der Waals surface area contributed by atoms with Crippen LogP contribution in [-0.2, 0) is 11.8 Å². The molecular formula is C14H23N3O. The third-order valence-corrected chi connectivity index (χ3v) is 4.19. The molecule has 100 valence electrons. The SMILES string of the molecule is CCC1CCCCC1C(=O)C(N)c1cnn(C)c1. The van der Waals surface area contributed by atoms with Crippen LogP contribution in [0.5, 0.6) is 0 Å². The van der Waals surface area contributed by atoms with Gasteiger partial charge in [0.05, 0.1) is 12.2 Å². The van der Waals surface area contributed by atoms with Crippen molar-refractivity contribution in [3.8, 4) is 0 Å². The lowest BCUT2D eigenvalue weighted by molar-refractivity contribution is -0.127. The minimum Gasteiger partial charge on any atom is -0.318 e. The second-order valence-electron chi connectivity index (χ2n) is 5.39. The Bertz CT molecular complexity index is 413. The Labute approximate surface area is 109 Å². The van der Waals surface area contributed by atoms with Crippen LogP contribution >= 0.6 is 0 Å². The standard InChI is InChI=1S/C14H23N3O/c1-3-10-6-4-5-7-12(10)14(18)13(15)11-8-16-17(2)9-11/h8-10,12-13H,3-7,15H2,1-2H3. The highest BCUT2D eigenvalue weighted by Crippen LogP contribution is 2.35. The minimum atomic E-state index is -0.504. The number of nitrogens with two attached hydrogens (primary N) is 1. The van der Waals surface area contributed by atoms with Gasteiger partial charge in [-0.15, -0.1) is 0 Å². The number of hydrogen-bond acceptors (Lipinski definition) is 3. The molecular weight excluding hydrogens is 226 g/mol. The maximum Gasteiger partial charge on any atom is 0.157 e. The zero-order valence-electron chi connectivity index (χ0n) is 11.3. The van der Waals surface area contributed by atoms with Gasteiger partial charge in [0.15, 0.2) is 5.78 Å². The largest absolute Gasteiger partial charge is 0.318 e. The molecule has 18 heavy (non-hydrogen) atoms. The van der Waals surface area contributed by atoms with Crippen LogP contribution in [-0.4, -0.2) is 15.6 Å². The molecule has 4 nitrogen and oxygen atoms in total. The van der Waals surface area contributed by atoms with E-state index in [2.05, 4.69) is 12.0 Å². The summed E-state index contributed by atoms with van der Waals surface area (Å²) in [6.07, 6.45) is 9.21. The molecule has 1 saturated carbocycles.